The quantitative estimate of drug-likeness (QED) is 0.418. The SMILES string of the molecule is CCCCCCC(C)(CCCCC)c1c(Br)nn(C)c1Cl. The standard InChI is InChI=1S/C17H30BrClN2/c1-5-7-9-11-13-17(3,12-10-8-6-2)14-15(18)20-21(4)16(14)19/h5-13H2,1-4H3. The van der Waals surface area contributed by atoms with Gasteiger partial charge in [0.15, 0.2) is 0 Å². The number of rotatable bonds is 10. The summed E-state index contributed by atoms with van der Waals surface area (Å²) in [5.74, 6) is 0. The van der Waals surface area contributed by atoms with E-state index in [2.05, 4.69) is 41.8 Å². The summed E-state index contributed by atoms with van der Waals surface area (Å²) >= 11 is 10.1. The Labute approximate surface area is 143 Å². The van der Waals surface area contributed by atoms with Crippen LogP contribution >= 0.6 is 27.5 Å². The van der Waals surface area contributed by atoms with E-state index in [0.717, 1.165) is 9.76 Å². The van der Waals surface area contributed by atoms with Crippen molar-refractivity contribution < 1.29 is 0 Å². The Balaban J connectivity index is 2.88. The van der Waals surface area contributed by atoms with Crippen LogP contribution in [-0.4, -0.2) is 9.78 Å². The molecule has 1 atom stereocenters. The van der Waals surface area contributed by atoms with Gasteiger partial charge in [-0.2, -0.15) is 5.10 Å². The predicted octanol–water partition coefficient (Wildman–Crippen LogP) is 6.64. The van der Waals surface area contributed by atoms with E-state index in [1.54, 1.807) is 4.68 Å². The van der Waals surface area contributed by atoms with Crippen LogP contribution in [0, 0.1) is 0 Å². The number of hydrogen-bond acceptors (Lipinski definition) is 1. The second-order valence-corrected chi connectivity index (χ2v) is 7.52. The smallest absolute Gasteiger partial charge is 0.133 e. The molecule has 1 heterocycles. The van der Waals surface area contributed by atoms with Gasteiger partial charge in [0, 0.05) is 12.6 Å². The zero-order valence-electron chi connectivity index (χ0n) is 14.0. The Hall–Kier alpha value is -0.0200. The van der Waals surface area contributed by atoms with Gasteiger partial charge in [-0.3, -0.25) is 4.68 Å². The lowest BCUT2D eigenvalue weighted by Gasteiger charge is -2.30. The lowest BCUT2D eigenvalue weighted by molar-refractivity contribution is 0.364. The van der Waals surface area contributed by atoms with Gasteiger partial charge in [-0.05, 0) is 34.2 Å². The summed E-state index contributed by atoms with van der Waals surface area (Å²) in [5.41, 5.74) is 1.34. The molecule has 21 heavy (non-hydrogen) atoms. The maximum absolute atomic E-state index is 6.52. The Kier molecular flexibility index (Phi) is 8.33. The molecule has 0 N–H and O–H groups in total. The molecule has 1 unspecified atom stereocenters. The minimum Gasteiger partial charge on any atom is -0.256 e. The highest BCUT2D eigenvalue weighted by atomic mass is 79.9. The maximum atomic E-state index is 6.52. The summed E-state index contributed by atoms with van der Waals surface area (Å²) in [6, 6.07) is 0. The minimum atomic E-state index is 0.132. The molecule has 0 radical (unpaired) electrons. The van der Waals surface area contributed by atoms with E-state index >= 15 is 0 Å². The van der Waals surface area contributed by atoms with Crippen LogP contribution in [0.3, 0.4) is 0 Å². The van der Waals surface area contributed by atoms with Crippen LogP contribution in [-0.2, 0) is 12.5 Å². The summed E-state index contributed by atoms with van der Waals surface area (Å²) < 4.78 is 2.70. The Morgan fingerprint density at radius 2 is 1.57 bits per heavy atom. The van der Waals surface area contributed by atoms with Crippen molar-refractivity contribution in [2.24, 2.45) is 7.05 Å². The highest BCUT2D eigenvalue weighted by Gasteiger charge is 2.32. The van der Waals surface area contributed by atoms with Crippen LogP contribution in [0.2, 0.25) is 5.15 Å². The fourth-order valence-corrected chi connectivity index (χ4v) is 4.43. The fraction of sp³-hybridized carbons (Fsp3) is 0.824. The molecule has 0 aliphatic heterocycles. The molecule has 0 fully saturated rings. The van der Waals surface area contributed by atoms with Crippen LogP contribution in [0.4, 0.5) is 0 Å². The maximum Gasteiger partial charge on any atom is 0.133 e. The van der Waals surface area contributed by atoms with E-state index in [1.807, 2.05) is 7.05 Å². The zero-order chi connectivity index (χ0) is 15.9. The summed E-state index contributed by atoms with van der Waals surface area (Å²) in [6.45, 7) is 6.88. The molecule has 0 spiro atoms. The summed E-state index contributed by atoms with van der Waals surface area (Å²) in [4.78, 5) is 0. The van der Waals surface area contributed by atoms with Crippen molar-refractivity contribution in [2.75, 3.05) is 0 Å². The molecule has 1 aromatic rings. The fourth-order valence-electron chi connectivity index (χ4n) is 3.05. The molecular formula is C17H30BrClN2. The van der Waals surface area contributed by atoms with Crippen LogP contribution in [0.15, 0.2) is 4.60 Å². The van der Waals surface area contributed by atoms with Gasteiger partial charge in [-0.25, -0.2) is 0 Å². The lowest BCUT2D eigenvalue weighted by Crippen LogP contribution is -2.23. The molecule has 2 nitrogen and oxygen atoms in total. The first-order valence-corrected chi connectivity index (χ1v) is 9.51. The third-order valence-corrected chi connectivity index (χ3v) is 5.44. The van der Waals surface area contributed by atoms with E-state index in [4.69, 9.17) is 11.6 Å². The van der Waals surface area contributed by atoms with Crippen LogP contribution < -0.4 is 0 Å². The number of nitrogens with zero attached hydrogens (tertiary/aromatic N) is 2. The number of hydrogen-bond donors (Lipinski definition) is 0. The average Bonchev–Trinajstić information content (AvgIpc) is 2.69. The zero-order valence-corrected chi connectivity index (χ0v) is 16.4. The first kappa shape index (κ1) is 19.0. The molecule has 0 saturated heterocycles. The van der Waals surface area contributed by atoms with Gasteiger partial charge in [0.25, 0.3) is 0 Å². The lowest BCUT2D eigenvalue weighted by atomic mass is 9.75. The van der Waals surface area contributed by atoms with E-state index in [0.29, 0.717) is 0 Å². The van der Waals surface area contributed by atoms with Gasteiger partial charge < -0.3 is 0 Å². The highest BCUT2D eigenvalue weighted by molar-refractivity contribution is 9.10. The number of aromatic nitrogens is 2. The Bertz CT molecular complexity index is 431. The van der Waals surface area contributed by atoms with Gasteiger partial charge in [-0.15, -0.1) is 0 Å². The monoisotopic (exact) mass is 376 g/mol. The van der Waals surface area contributed by atoms with Crippen LogP contribution in [0.1, 0.15) is 84.1 Å². The second kappa shape index (κ2) is 9.19. The Morgan fingerprint density at radius 1 is 1.05 bits per heavy atom. The van der Waals surface area contributed by atoms with Crippen molar-refractivity contribution in [3.63, 3.8) is 0 Å². The van der Waals surface area contributed by atoms with Gasteiger partial charge in [0.1, 0.15) is 9.76 Å². The van der Waals surface area contributed by atoms with E-state index in [-0.39, 0.29) is 5.41 Å². The van der Waals surface area contributed by atoms with Crippen molar-refractivity contribution in [3.05, 3.63) is 15.3 Å². The van der Waals surface area contributed by atoms with Crippen molar-refractivity contribution in [1.29, 1.82) is 0 Å². The normalized spacial score (nSPS) is 14.4. The molecule has 1 aromatic heterocycles. The van der Waals surface area contributed by atoms with Crippen molar-refractivity contribution >= 4 is 27.5 Å². The summed E-state index contributed by atoms with van der Waals surface area (Å²) in [6.07, 6.45) is 11.4. The topological polar surface area (TPSA) is 17.8 Å². The number of aryl methyl sites for hydroxylation is 1. The molecule has 4 heteroatoms. The summed E-state index contributed by atoms with van der Waals surface area (Å²) in [7, 11) is 1.92. The van der Waals surface area contributed by atoms with Crippen molar-refractivity contribution in [1.82, 2.24) is 9.78 Å². The number of unbranched alkanes of at least 4 members (excludes halogenated alkanes) is 5. The highest BCUT2D eigenvalue weighted by Crippen LogP contribution is 2.42. The molecule has 1 rings (SSSR count). The molecule has 122 valence electrons. The molecule has 0 saturated carbocycles. The molecule has 0 bridgehead atoms. The minimum absolute atomic E-state index is 0.132. The van der Waals surface area contributed by atoms with Crippen molar-refractivity contribution in [2.45, 2.75) is 84.0 Å². The third-order valence-electron chi connectivity index (χ3n) is 4.45. The molecule has 0 amide bonds. The van der Waals surface area contributed by atoms with Gasteiger partial charge in [0.2, 0.25) is 0 Å². The third kappa shape index (κ3) is 5.28. The Morgan fingerprint density at radius 3 is 2.05 bits per heavy atom. The first-order chi connectivity index (χ1) is 9.96. The molecule has 0 aliphatic carbocycles. The van der Waals surface area contributed by atoms with E-state index < -0.39 is 0 Å². The van der Waals surface area contributed by atoms with Crippen LogP contribution in [0.5, 0.6) is 0 Å². The molecule has 0 aliphatic rings. The van der Waals surface area contributed by atoms with E-state index in [1.165, 1.54) is 63.4 Å². The summed E-state index contributed by atoms with van der Waals surface area (Å²) in [5, 5.41) is 5.24. The van der Waals surface area contributed by atoms with Crippen LogP contribution in [0.25, 0.3) is 0 Å². The predicted molar refractivity (Wildman–Crippen MR) is 96.2 cm³/mol. The van der Waals surface area contributed by atoms with Crippen molar-refractivity contribution in [3.8, 4) is 0 Å². The van der Waals surface area contributed by atoms with Gasteiger partial charge in [-0.1, -0.05) is 77.3 Å². The molecular weight excluding hydrogens is 348 g/mol. The van der Waals surface area contributed by atoms with Gasteiger partial charge in [0.05, 0.1) is 0 Å². The number of halogens is 2. The average molecular weight is 378 g/mol. The largest absolute Gasteiger partial charge is 0.256 e. The first-order valence-electron chi connectivity index (χ1n) is 8.34. The van der Waals surface area contributed by atoms with Gasteiger partial charge >= 0.3 is 0 Å². The molecule has 0 aromatic carbocycles. The van der Waals surface area contributed by atoms with E-state index in [9.17, 15) is 0 Å². The second-order valence-electron chi connectivity index (χ2n) is 6.41.